The zero-order valence-corrected chi connectivity index (χ0v) is 15.9. The van der Waals surface area contributed by atoms with E-state index in [0.717, 1.165) is 0 Å². The van der Waals surface area contributed by atoms with Gasteiger partial charge in [0.05, 0.1) is 0 Å². The lowest BCUT2D eigenvalue weighted by atomic mass is 10.0. The van der Waals surface area contributed by atoms with E-state index < -0.39 is 35.7 Å². The molecule has 8 heteroatoms. The summed E-state index contributed by atoms with van der Waals surface area (Å²) in [5.41, 5.74) is 1.06. The average molecular weight is 407 g/mol. The zero-order chi connectivity index (χ0) is 20.7. The molecule has 0 bridgehead atoms. The van der Waals surface area contributed by atoms with Crippen molar-refractivity contribution in [1.29, 1.82) is 0 Å². The number of aliphatic carboxylic acids is 1. The minimum atomic E-state index is -1.24. The number of amides is 2. The molecule has 0 heterocycles. The highest BCUT2D eigenvalue weighted by molar-refractivity contribution is 6.31. The van der Waals surface area contributed by atoms with Crippen LogP contribution in [-0.4, -0.2) is 35.0 Å². The van der Waals surface area contributed by atoms with Crippen LogP contribution in [-0.2, 0) is 27.2 Å². The van der Waals surface area contributed by atoms with Crippen LogP contribution in [0.5, 0.6) is 0 Å². The van der Waals surface area contributed by atoms with Crippen molar-refractivity contribution in [3.8, 4) is 0 Å². The second kappa shape index (κ2) is 9.85. The molecule has 0 saturated heterocycles. The molecule has 0 aliphatic carbocycles. The van der Waals surface area contributed by atoms with Crippen molar-refractivity contribution in [2.24, 2.45) is 0 Å². The third-order valence-corrected chi connectivity index (χ3v) is 4.39. The summed E-state index contributed by atoms with van der Waals surface area (Å²) in [4.78, 5) is 35.7. The molecule has 3 N–H and O–H groups in total. The molecule has 2 atom stereocenters. The van der Waals surface area contributed by atoms with Crippen LogP contribution < -0.4 is 10.6 Å². The van der Waals surface area contributed by atoms with E-state index in [1.807, 2.05) is 0 Å². The van der Waals surface area contributed by atoms with Crippen molar-refractivity contribution < 1.29 is 23.9 Å². The van der Waals surface area contributed by atoms with E-state index in [9.17, 15) is 23.9 Å². The Hall–Kier alpha value is -2.93. The van der Waals surface area contributed by atoms with Gasteiger partial charge in [0, 0.05) is 24.8 Å². The van der Waals surface area contributed by atoms with Crippen LogP contribution in [0.15, 0.2) is 48.5 Å². The molecule has 0 aliphatic rings. The van der Waals surface area contributed by atoms with E-state index in [4.69, 9.17) is 11.6 Å². The van der Waals surface area contributed by atoms with Crippen LogP contribution in [0, 0.1) is 5.82 Å². The Labute approximate surface area is 166 Å². The lowest BCUT2D eigenvalue weighted by Crippen LogP contribution is -2.52. The van der Waals surface area contributed by atoms with Crippen LogP contribution in [0.4, 0.5) is 4.39 Å². The summed E-state index contributed by atoms with van der Waals surface area (Å²) >= 11 is 6.06. The van der Waals surface area contributed by atoms with Crippen molar-refractivity contribution >= 4 is 29.4 Å². The maximum atomic E-state index is 13.4. The molecule has 0 aliphatic heterocycles. The van der Waals surface area contributed by atoms with Gasteiger partial charge < -0.3 is 15.7 Å². The van der Waals surface area contributed by atoms with Crippen LogP contribution in [0.25, 0.3) is 0 Å². The van der Waals surface area contributed by atoms with E-state index >= 15 is 0 Å². The SMILES string of the molecule is CC(=O)N[C@@H](Cc1cccc(F)c1)C(=O)N[C@@H](Cc1ccccc1Cl)C(=O)O. The number of nitrogens with one attached hydrogen (secondary N) is 2. The van der Waals surface area contributed by atoms with Gasteiger partial charge in [-0.15, -0.1) is 0 Å². The number of carboxylic acid groups (broad SMARTS) is 1. The summed E-state index contributed by atoms with van der Waals surface area (Å²) in [5.74, 6) is -2.85. The van der Waals surface area contributed by atoms with Crippen molar-refractivity contribution in [3.05, 3.63) is 70.5 Å². The first-order valence-corrected chi connectivity index (χ1v) is 8.92. The lowest BCUT2D eigenvalue weighted by molar-refractivity contribution is -0.142. The molecular formula is C20H20ClFN2O4. The Bertz CT molecular complexity index is 875. The van der Waals surface area contributed by atoms with Gasteiger partial charge >= 0.3 is 5.97 Å². The highest BCUT2D eigenvalue weighted by Crippen LogP contribution is 2.17. The molecule has 2 amide bonds. The molecule has 0 fully saturated rings. The van der Waals surface area contributed by atoms with Gasteiger partial charge in [0.25, 0.3) is 0 Å². The summed E-state index contributed by atoms with van der Waals surface area (Å²) in [6.45, 7) is 1.24. The monoisotopic (exact) mass is 406 g/mol. The number of hydrogen-bond donors (Lipinski definition) is 3. The fourth-order valence-corrected chi connectivity index (χ4v) is 2.92. The number of carbonyl (C=O) groups excluding carboxylic acids is 2. The number of halogens is 2. The Morgan fingerprint density at radius 2 is 1.75 bits per heavy atom. The van der Waals surface area contributed by atoms with E-state index in [0.29, 0.717) is 16.1 Å². The van der Waals surface area contributed by atoms with Gasteiger partial charge in [-0.05, 0) is 29.3 Å². The molecule has 0 aromatic heterocycles. The van der Waals surface area contributed by atoms with Crippen molar-refractivity contribution in [3.63, 3.8) is 0 Å². The Morgan fingerprint density at radius 3 is 2.36 bits per heavy atom. The van der Waals surface area contributed by atoms with E-state index in [1.165, 1.54) is 25.1 Å². The molecule has 0 saturated carbocycles. The smallest absolute Gasteiger partial charge is 0.326 e. The number of carbonyl (C=O) groups is 3. The maximum absolute atomic E-state index is 13.4. The fraction of sp³-hybridized carbons (Fsp3) is 0.250. The van der Waals surface area contributed by atoms with Gasteiger partial charge in [-0.1, -0.05) is 41.9 Å². The molecule has 2 aromatic rings. The van der Waals surface area contributed by atoms with Crippen LogP contribution >= 0.6 is 11.6 Å². The molecule has 2 rings (SSSR count). The van der Waals surface area contributed by atoms with Crippen LogP contribution in [0.1, 0.15) is 18.1 Å². The van der Waals surface area contributed by atoms with Gasteiger partial charge in [-0.25, -0.2) is 9.18 Å². The predicted octanol–water partition coefficient (Wildman–Crippen LogP) is 2.34. The normalized spacial score (nSPS) is 12.7. The number of rotatable bonds is 8. The predicted molar refractivity (Wildman–Crippen MR) is 102 cm³/mol. The summed E-state index contributed by atoms with van der Waals surface area (Å²) in [5, 5.41) is 14.8. The Kier molecular flexibility index (Phi) is 7.52. The minimum absolute atomic E-state index is 0.0155. The van der Waals surface area contributed by atoms with Gasteiger partial charge in [-0.2, -0.15) is 0 Å². The topological polar surface area (TPSA) is 95.5 Å². The molecule has 0 radical (unpaired) electrons. The first-order valence-electron chi connectivity index (χ1n) is 8.54. The van der Waals surface area contributed by atoms with Crippen molar-refractivity contribution in [2.45, 2.75) is 31.8 Å². The first kappa shape index (κ1) is 21.4. The molecule has 6 nitrogen and oxygen atoms in total. The number of hydrogen-bond acceptors (Lipinski definition) is 3. The van der Waals surface area contributed by atoms with Crippen LogP contribution in [0.3, 0.4) is 0 Å². The second-order valence-electron chi connectivity index (χ2n) is 6.28. The fourth-order valence-electron chi connectivity index (χ4n) is 2.71. The molecule has 28 heavy (non-hydrogen) atoms. The van der Waals surface area contributed by atoms with Crippen LogP contribution in [0.2, 0.25) is 5.02 Å². The largest absolute Gasteiger partial charge is 0.480 e. The van der Waals surface area contributed by atoms with E-state index in [1.54, 1.807) is 30.3 Å². The first-order chi connectivity index (χ1) is 13.3. The maximum Gasteiger partial charge on any atom is 0.326 e. The molecule has 0 unspecified atom stereocenters. The molecule has 2 aromatic carbocycles. The molecule has 0 spiro atoms. The minimum Gasteiger partial charge on any atom is -0.480 e. The summed E-state index contributed by atoms with van der Waals surface area (Å²) in [6.07, 6.45) is -0.00485. The third-order valence-electron chi connectivity index (χ3n) is 4.02. The van der Waals surface area contributed by atoms with Gasteiger partial charge in [-0.3, -0.25) is 9.59 Å². The lowest BCUT2D eigenvalue weighted by Gasteiger charge is -2.21. The van der Waals surface area contributed by atoms with Crippen molar-refractivity contribution in [1.82, 2.24) is 10.6 Å². The third kappa shape index (κ3) is 6.35. The Balaban J connectivity index is 2.15. The summed E-state index contributed by atoms with van der Waals surface area (Å²) in [6, 6.07) is 10.1. The highest BCUT2D eigenvalue weighted by Gasteiger charge is 2.27. The number of benzene rings is 2. The average Bonchev–Trinajstić information content (AvgIpc) is 2.61. The zero-order valence-electron chi connectivity index (χ0n) is 15.1. The summed E-state index contributed by atoms with van der Waals surface area (Å²) in [7, 11) is 0. The van der Waals surface area contributed by atoms with Gasteiger partial charge in [0.15, 0.2) is 0 Å². The summed E-state index contributed by atoms with van der Waals surface area (Å²) < 4.78 is 13.4. The molecule has 148 valence electrons. The van der Waals surface area contributed by atoms with Crippen molar-refractivity contribution in [2.75, 3.05) is 0 Å². The quantitative estimate of drug-likeness (QED) is 0.627. The van der Waals surface area contributed by atoms with Gasteiger partial charge in [0.1, 0.15) is 17.9 Å². The Morgan fingerprint density at radius 1 is 1.04 bits per heavy atom. The standard InChI is InChI=1S/C20H20ClFN2O4/c1-12(25)23-17(10-13-5-4-7-15(22)9-13)19(26)24-18(20(27)28)11-14-6-2-3-8-16(14)21/h2-9,17-18H,10-11H2,1H3,(H,23,25)(H,24,26)(H,27,28)/t17-,18-/m0/s1. The van der Waals surface area contributed by atoms with E-state index in [-0.39, 0.29) is 12.8 Å². The second-order valence-corrected chi connectivity index (χ2v) is 6.69. The molecular weight excluding hydrogens is 387 g/mol. The highest BCUT2D eigenvalue weighted by atomic mass is 35.5. The number of carboxylic acids is 1. The van der Waals surface area contributed by atoms with E-state index in [2.05, 4.69) is 10.6 Å². The van der Waals surface area contributed by atoms with Gasteiger partial charge in [0.2, 0.25) is 11.8 Å².